The molecule has 0 saturated heterocycles. The van der Waals surface area contributed by atoms with Crippen molar-refractivity contribution in [3.8, 4) is 11.4 Å². The van der Waals surface area contributed by atoms with Crippen LogP contribution in [0.3, 0.4) is 0 Å². The highest BCUT2D eigenvalue weighted by Gasteiger charge is 2.29. The monoisotopic (exact) mass is 406 g/mol. The van der Waals surface area contributed by atoms with E-state index in [2.05, 4.69) is 19.7 Å². The zero-order chi connectivity index (χ0) is 20.0. The van der Waals surface area contributed by atoms with Gasteiger partial charge in [0.05, 0.1) is 24.4 Å². The van der Waals surface area contributed by atoms with Crippen molar-refractivity contribution in [2.45, 2.75) is 26.1 Å². The Morgan fingerprint density at radius 1 is 1.21 bits per heavy atom. The summed E-state index contributed by atoms with van der Waals surface area (Å²) in [5, 5.41) is 10.5. The Balaban J connectivity index is 1.40. The van der Waals surface area contributed by atoms with E-state index in [1.54, 1.807) is 11.0 Å². The lowest BCUT2D eigenvalue weighted by Crippen LogP contribution is -2.43. The molecule has 4 aromatic rings. The number of amides is 1. The van der Waals surface area contributed by atoms with E-state index in [9.17, 15) is 9.59 Å². The maximum Gasteiger partial charge on any atom is 0.271 e. The van der Waals surface area contributed by atoms with E-state index >= 15 is 0 Å². The zero-order valence-electron chi connectivity index (χ0n) is 15.7. The van der Waals surface area contributed by atoms with Gasteiger partial charge in [0.1, 0.15) is 11.2 Å². The lowest BCUT2D eigenvalue weighted by Gasteiger charge is -2.32. The lowest BCUT2D eigenvalue weighted by atomic mass is 10.1. The molecule has 1 amide bonds. The molecule has 0 aliphatic carbocycles. The van der Waals surface area contributed by atoms with E-state index in [0.717, 1.165) is 17.2 Å². The molecule has 4 heterocycles. The second-order valence-corrected chi connectivity index (χ2v) is 8.03. The minimum Gasteiger partial charge on any atom is -0.332 e. The minimum atomic E-state index is -0.182. The van der Waals surface area contributed by atoms with Crippen LogP contribution >= 0.6 is 11.3 Å². The molecule has 1 atom stereocenters. The average molecular weight is 406 g/mol. The third kappa shape index (κ3) is 3.03. The summed E-state index contributed by atoms with van der Waals surface area (Å²) in [7, 11) is 0. The Hall–Kier alpha value is -3.33. The Morgan fingerprint density at radius 2 is 2.03 bits per heavy atom. The summed E-state index contributed by atoms with van der Waals surface area (Å²) in [6.07, 6.45) is 1.44. The molecule has 0 N–H and O–H groups in total. The molecular weight excluding hydrogens is 388 g/mol. The molecule has 9 heteroatoms. The fraction of sp³-hybridized carbons (Fsp3) is 0.250. The fourth-order valence-corrected chi connectivity index (χ4v) is 4.53. The zero-order valence-corrected chi connectivity index (χ0v) is 16.5. The first kappa shape index (κ1) is 17.7. The number of rotatable bonds is 3. The number of benzene rings is 1. The molecule has 0 saturated carbocycles. The second kappa shape index (κ2) is 6.93. The maximum atomic E-state index is 12.9. The van der Waals surface area contributed by atoms with E-state index in [0.29, 0.717) is 23.3 Å². The summed E-state index contributed by atoms with van der Waals surface area (Å²) >= 11 is 1.34. The van der Waals surface area contributed by atoms with Crippen LogP contribution < -0.4 is 5.56 Å². The van der Waals surface area contributed by atoms with E-state index in [1.807, 2.05) is 42.6 Å². The van der Waals surface area contributed by atoms with Crippen molar-refractivity contribution in [1.29, 1.82) is 0 Å². The van der Waals surface area contributed by atoms with E-state index in [1.165, 1.54) is 22.2 Å². The van der Waals surface area contributed by atoms with Crippen LogP contribution in [0.15, 0.2) is 52.9 Å². The number of thiophene rings is 1. The van der Waals surface area contributed by atoms with Crippen LogP contribution in [0.25, 0.3) is 21.6 Å². The van der Waals surface area contributed by atoms with Crippen LogP contribution in [0.1, 0.15) is 18.8 Å². The summed E-state index contributed by atoms with van der Waals surface area (Å²) in [5.74, 6) is 1.42. The number of aromatic nitrogens is 5. The standard InChI is InChI=1S/C20H18N6O2S/c1-13-9-24(10-16-22-23-19(26(13)16)14-5-3-2-4-6-14)17(27)11-25-12-21-15-7-8-29-18(15)20(25)28/h2-8,12-13H,9-11H2,1H3/t13-/m0/s1. The highest BCUT2D eigenvalue weighted by atomic mass is 32.1. The molecule has 0 unspecified atom stereocenters. The van der Waals surface area contributed by atoms with Gasteiger partial charge in [-0.15, -0.1) is 21.5 Å². The van der Waals surface area contributed by atoms with Crippen molar-refractivity contribution in [1.82, 2.24) is 29.2 Å². The molecule has 0 fully saturated rings. The molecule has 29 heavy (non-hydrogen) atoms. The Morgan fingerprint density at radius 3 is 2.86 bits per heavy atom. The molecule has 1 aliphatic rings. The minimum absolute atomic E-state index is 0.0301. The second-order valence-electron chi connectivity index (χ2n) is 7.11. The number of carbonyl (C=O) groups is 1. The highest BCUT2D eigenvalue weighted by Crippen LogP contribution is 2.27. The van der Waals surface area contributed by atoms with Crippen LogP contribution in [0.5, 0.6) is 0 Å². The van der Waals surface area contributed by atoms with Gasteiger partial charge in [0.15, 0.2) is 11.6 Å². The van der Waals surface area contributed by atoms with Crippen molar-refractivity contribution >= 4 is 27.5 Å². The molecule has 0 spiro atoms. The van der Waals surface area contributed by atoms with E-state index in [-0.39, 0.29) is 24.1 Å². The third-order valence-electron chi connectivity index (χ3n) is 5.15. The molecule has 146 valence electrons. The van der Waals surface area contributed by atoms with Crippen LogP contribution in [-0.4, -0.2) is 41.7 Å². The predicted molar refractivity (Wildman–Crippen MR) is 109 cm³/mol. The van der Waals surface area contributed by atoms with Crippen molar-refractivity contribution in [3.63, 3.8) is 0 Å². The smallest absolute Gasteiger partial charge is 0.271 e. The van der Waals surface area contributed by atoms with Gasteiger partial charge in [0, 0.05) is 12.1 Å². The van der Waals surface area contributed by atoms with Gasteiger partial charge in [-0.25, -0.2) is 4.98 Å². The largest absolute Gasteiger partial charge is 0.332 e. The van der Waals surface area contributed by atoms with Crippen LogP contribution in [0.2, 0.25) is 0 Å². The molecule has 1 aliphatic heterocycles. The summed E-state index contributed by atoms with van der Waals surface area (Å²) in [6.45, 7) is 2.91. The molecular formula is C20H18N6O2S. The summed E-state index contributed by atoms with van der Waals surface area (Å²) < 4.78 is 4.03. The van der Waals surface area contributed by atoms with Crippen LogP contribution in [0, 0.1) is 0 Å². The van der Waals surface area contributed by atoms with Crippen molar-refractivity contribution in [2.75, 3.05) is 6.54 Å². The normalized spacial score (nSPS) is 16.2. The number of nitrogens with zero attached hydrogens (tertiary/aromatic N) is 6. The van der Waals surface area contributed by atoms with Crippen LogP contribution in [-0.2, 0) is 17.9 Å². The fourth-order valence-electron chi connectivity index (χ4n) is 3.74. The molecule has 3 aromatic heterocycles. The SMILES string of the molecule is C[C@H]1CN(C(=O)Cn2cnc3ccsc3c2=O)Cc2nnc(-c3ccccc3)n21. The quantitative estimate of drug-likeness (QED) is 0.521. The van der Waals surface area contributed by atoms with Gasteiger partial charge in [0.25, 0.3) is 5.56 Å². The number of fused-ring (bicyclic) bond motifs is 2. The molecule has 8 nitrogen and oxygen atoms in total. The van der Waals surface area contributed by atoms with Gasteiger partial charge in [0.2, 0.25) is 5.91 Å². The number of hydrogen-bond acceptors (Lipinski definition) is 6. The van der Waals surface area contributed by atoms with Crippen molar-refractivity contribution in [2.24, 2.45) is 0 Å². The number of hydrogen-bond donors (Lipinski definition) is 0. The summed E-state index contributed by atoms with van der Waals surface area (Å²) in [6, 6.07) is 11.7. The third-order valence-corrected chi connectivity index (χ3v) is 6.04. The molecule has 5 rings (SSSR count). The Labute approximate surface area is 170 Å². The molecule has 0 radical (unpaired) electrons. The Kier molecular flexibility index (Phi) is 4.24. The van der Waals surface area contributed by atoms with Gasteiger partial charge in [-0.1, -0.05) is 30.3 Å². The van der Waals surface area contributed by atoms with Crippen molar-refractivity contribution in [3.05, 3.63) is 64.3 Å². The summed E-state index contributed by atoms with van der Waals surface area (Å²) in [4.78, 5) is 31.5. The number of carbonyl (C=O) groups excluding carboxylic acids is 1. The van der Waals surface area contributed by atoms with Crippen LogP contribution in [0.4, 0.5) is 0 Å². The van der Waals surface area contributed by atoms with Gasteiger partial charge in [-0.05, 0) is 18.4 Å². The van der Waals surface area contributed by atoms with Crippen molar-refractivity contribution < 1.29 is 4.79 Å². The van der Waals surface area contributed by atoms with Gasteiger partial charge >= 0.3 is 0 Å². The first-order valence-electron chi connectivity index (χ1n) is 9.31. The van der Waals surface area contributed by atoms with E-state index in [4.69, 9.17) is 0 Å². The Bertz CT molecular complexity index is 1260. The average Bonchev–Trinajstić information content (AvgIpc) is 3.38. The maximum absolute atomic E-state index is 12.9. The van der Waals surface area contributed by atoms with Gasteiger partial charge < -0.3 is 9.47 Å². The first-order valence-corrected chi connectivity index (χ1v) is 10.2. The lowest BCUT2D eigenvalue weighted by molar-refractivity contribution is -0.133. The van der Waals surface area contributed by atoms with E-state index < -0.39 is 0 Å². The highest BCUT2D eigenvalue weighted by molar-refractivity contribution is 7.17. The van der Waals surface area contributed by atoms with Gasteiger partial charge in [-0.2, -0.15) is 0 Å². The molecule has 1 aromatic carbocycles. The first-order chi connectivity index (χ1) is 14.1. The summed E-state index contributed by atoms with van der Waals surface area (Å²) in [5.41, 5.74) is 1.48. The topological polar surface area (TPSA) is 85.9 Å². The molecule has 0 bridgehead atoms. The van der Waals surface area contributed by atoms with Gasteiger partial charge in [-0.3, -0.25) is 14.2 Å². The predicted octanol–water partition coefficient (Wildman–Crippen LogP) is 2.32.